The molecule has 19 heavy (non-hydrogen) atoms. The summed E-state index contributed by atoms with van der Waals surface area (Å²) in [5.41, 5.74) is 1.19. The molecule has 0 amide bonds. The van der Waals surface area contributed by atoms with Crippen LogP contribution >= 0.6 is 11.6 Å². The van der Waals surface area contributed by atoms with Gasteiger partial charge in [-0.3, -0.25) is 5.10 Å². The van der Waals surface area contributed by atoms with Crippen LogP contribution in [-0.2, 0) is 20.6 Å². The maximum atomic E-state index is 12.6. The van der Waals surface area contributed by atoms with E-state index in [2.05, 4.69) is 10.2 Å². The van der Waals surface area contributed by atoms with E-state index in [4.69, 9.17) is 16.3 Å². The summed E-state index contributed by atoms with van der Waals surface area (Å²) in [5, 5.41) is 6.57. The molecule has 0 aromatic carbocycles. The van der Waals surface area contributed by atoms with Crippen LogP contribution in [0, 0.1) is 6.92 Å². The van der Waals surface area contributed by atoms with E-state index in [1.54, 1.807) is 27.9 Å². The second-order valence-corrected chi connectivity index (χ2v) is 6.35. The zero-order chi connectivity index (χ0) is 14.6. The molecular weight excluding hydrogens is 290 g/mol. The molecule has 0 saturated carbocycles. The van der Waals surface area contributed by atoms with E-state index in [-0.39, 0.29) is 16.9 Å². The molecule has 8 heteroatoms. The van der Waals surface area contributed by atoms with Crippen molar-refractivity contribution in [2.75, 3.05) is 20.3 Å². The number of halogens is 1. The van der Waals surface area contributed by atoms with Crippen molar-refractivity contribution in [2.45, 2.75) is 37.7 Å². The molecule has 1 aromatic heterocycles. The van der Waals surface area contributed by atoms with Crippen LogP contribution < -0.4 is 0 Å². The maximum absolute atomic E-state index is 12.6. The lowest BCUT2D eigenvalue weighted by Crippen LogP contribution is -2.41. The van der Waals surface area contributed by atoms with Gasteiger partial charge in [-0.15, -0.1) is 11.6 Å². The third kappa shape index (κ3) is 3.28. The number of aryl methyl sites for hydroxylation is 1. The number of sulfonamides is 1. The molecule has 1 rings (SSSR count). The van der Waals surface area contributed by atoms with Crippen LogP contribution in [0.5, 0.6) is 0 Å². The van der Waals surface area contributed by atoms with Crippen molar-refractivity contribution in [3.05, 3.63) is 11.3 Å². The molecule has 1 N–H and O–H groups in total. The molecular formula is C11H20ClN3O3S. The average Bonchev–Trinajstić information content (AvgIpc) is 2.71. The highest BCUT2D eigenvalue weighted by atomic mass is 35.5. The topological polar surface area (TPSA) is 75.3 Å². The van der Waals surface area contributed by atoms with Gasteiger partial charge in [-0.05, 0) is 13.8 Å². The Labute approximate surface area is 119 Å². The molecule has 0 fully saturated rings. The molecule has 110 valence electrons. The van der Waals surface area contributed by atoms with Crippen LogP contribution in [0.3, 0.4) is 0 Å². The van der Waals surface area contributed by atoms with E-state index < -0.39 is 10.0 Å². The van der Waals surface area contributed by atoms with Crippen molar-refractivity contribution in [3.63, 3.8) is 0 Å². The van der Waals surface area contributed by atoms with Gasteiger partial charge in [0, 0.05) is 31.0 Å². The van der Waals surface area contributed by atoms with Gasteiger partial charge in [0.15, 0.2) is 5.03 Å². The fraction of sp³-hybridized carbons (Fsp3) is 0.727. The summed E-state index contributed by atoms with van der Waals surface area (Å²) in [6.07, 6.45) is 0. The van der Waals surface area contributed by atoms with E-state index >= 15 is 0 Å². The molecule has 1 aromatic rings. The first-order valence-electron chi connectivity index (χ1n) is 6.00. The normalized spacial score (nSPS) is 14.0. The lowest BCUT2D eigenvalue weighted by Gasteiger charge is -2.26. The van der Waals surface area contributed by atoms with Crippen molar-refractivity contribution in [1.82, 2.24) is 14.5 Å². The number of alkyl halides is 1. The molecule has 1 heterocycles. The van der Waals surface area contributed by atoms with Crippen LogP contribution in [0.15, 0.2) is 5.03 Å². The Kier molecular flexibility index (Phi) is 5.79. The van der Waals surface area contributed by atoms with Crippen molar-refractivity contribution in [2.24, 2.45) is 0 Å². The number of likely N-dealkylation sites (N-methyl/N-ethyl adjacent to an activating group) is 1. The fourth-order valence-corrected chi connectivity index (χ4v) is 4.16. The third-order valence-electron chi connectivity index (χ3n) is 2.93. The number of H-pyrrole nitrogens is 1. The first-order chi connectivity index (χ1) is 8.89. The number of ether oxygens (including phenoxy) is 1. The number of hydrogen-bond donors (Lipinski definition) is 1. The van der Waals surface area contributed by atoms with E-state index in [9.17, 15) is 8.42 Å². The quantitative estimate of drug-likeness (QED) is 0.775. The average molecular weight is 310 g/mol. The van der Waals surface area contributed by atoms with Gasteiger partial charge in [0.25, 0.3) is 10.0 Å². The fourth-order valence-electron chi connectivity index (χ4n) is 1.95. The Morgan fingerprint density at radius 1 is 1.53 bits per heavy atom. The molecule has 0 spiro atoms. The molecule has 1 atom stereocenters. The highest BCUT2D eigenvalue weighted by molar-refractivity contribution is 7.89. The number of aromatic amines is 1. The van der Waals surface area contributed by atoms with Gasteiger partial charge in [0.2, 0.25) is 0 Å². The van der Waals surface area contributed by atoms with Gasteiger partial charge in [-0.1, -0.05) is 6.92 Å². The van der Waals surface area contributed by atoms with Gasteiger partial charge in [-0.2, -0.15) is 9.40 Å². The van der Waals surface area contributed by atoms with Crippen molar-refractivity contribution in [1.29, 1.82) is 0 Å². The summed E-state index contributed by atoms with van der Waals surface area (Å²) in [5.74, 6) is 0.104. The van der Waals surface area contributed by atoms with Crippen molar-refractivity contribution < 1.29 is 13.2 Å². The summed E-state index contributed by atoms with van der Waals surface area (Å²) in [4.78, 5) is 0. The SMILES string of the molecule is CCN(C(C)COC)S(=O)(=O)c1n[nH]c(C)c1CCl. The Balaban J connectivity index is 3.20. The van der Waals surface area contributed by atoms with Gasteiger partial charge in [0.05, 0.1) is 12.5 Å². The third-order valence-corrected chi connectivity index (χ3v) is 5.26. The summed E-state index contributed by atoms with van der Waals surface area (Å²) in [7, 11) is -2.13. The maximum Gasteiger partial charge on any atom is 0.263 e. The molecule has 0 aliphatic carbocycles. The van der Waals surface area contributed by atoms with E-state index in [1.165, 1.54) is 4.31 Å². The van der Waals surface area contributed by atoms with Gasteiger partial charge in [-0.25, -0.2) is 8.42 Å². The van der Waals surface area contributed by atoms with Crippen LogP contribution in [-0.4, -0.2) is 49.2 Å². The largest absolute Gasteiger partial charge is 0.383 e. The number of aromatic nitrogens is 2. The van der Waals surface area contributed by atoms with Crippen molar-refractivity contribution >= 4 is 21.6 Å². The van der Waals surface area contributed by atoms with Crippen LogP contribution in [0.2, 0.25) is 0 Å². The standard InChI is InChI=1S/C11H20ClN3O3S/c1-5-15(8(2)7-18-4)19(16,17)11-10(6-12)9(3)13-14-11/h8H,5-7H2,1-4H3,(H,13,14). The summed E-state index contributed by atoms with van der Waals surface area (Å²) < 4.78 is 31.6. The number of methoxy groups -OCH3 is 1. The monoisotopic (exact) mass is 309 g/mol. The molecule has 0 radical (unpaired) electrons. The Morgan fingerprint density at radius 3 is 2.63 bits per heavy atom. The second-order valence-electron chi connectivity index (χ2n) is 4.28. The second kappa shape index (κ2) is 6.69. The minimum absolute atomic E-state index is 0.00445. The van der Waals surface area contributed by atoms with Gasteiger partial charge < -0.3 is 4.74 Å². The molecule has 0 aliphatic rings. The lowest BCUT2D eigenvalue weighted by molar-refractivity contribution is 0.142. The van der Waals surface area contributed by atoms with Crippen LogP contribution in [0.25, 0.3) is 0 Å². The molecule has 1 unspecified atom stereocenters. The van der Waals surface area contributed by atoms with E-state index in [0.717, 1.165) is 0 Å². The predicted octanol–water partition coefficient (Wildman–Crippen LogP) is 1.50. The number of hydrogen-bond acceptors (Lipinski definition) is 4. The number of nitrogens with one attached hydrogen (secondary N) is 1. The number of nitrogens with zero attached hydrogens (tertiary/aromatic N) is 2. The molecule has 6 nitrogen and oxygen atoms in total. The smallest absolute Gasteiger partial charge is 0.263 e. The first kappa shape index (κ1) is 16.4. The predicted molar refractivity (Wildman–Crippen MR) is 73.8 cm³/mol. The highest BCUT2D eigenvalue weighted by Crippen LogP contribution is 2.23. The van der Waals surface area contributed by atoms with Crippen LogP contribution in [0.4, 0.5) is 0 Å². The first-order valence-corrected chi connectivity index (χ1v) is 7.98. The van der Waals surface area contributed by atoms with Crippen molar-refractivity contribution in [3.8, 4) is 0 Å². The molecule has 0 aliphatic heterocycles. The molecule has 0 saturated heterocycles. The Bertz CT molecular complexity index is 515. The summed E-state index contributed by atoms with van der Waals surface area (Å²) >= 11 is 5.81. The zero-order valence-corrected chi connectivity index (χ0v) is 13.2. The minimum atomic E-state index is -3.67. The summed E-state index contributed by atoms with van der Waals surface area (Å²) in [6, 6.07) is -0.264. The Hall–Kier alpha value is -0.630. The van der Waals surface area contributed by atoms with Gasteiger partial charge in [0.1, 0.15) is 0 Å². The van der Waals surface area contributed by atoms with E-state index in [1.807, 2.05) is 0 Å². The lowest BCUT2D eigenvalue weighted by atomic mass is 10.3. The summed E-state index contributed by atoms with van der Waals surface area (Å²) in [6.45, 7) is 6.00. The van der Waals surface area contributed by atoms with Gasteiger partial charge >= 0.3 is 0 Å². The van der Waals surface area contributed by atoms with Crippen LogP contribution in [0.1, 0.15) is 25.1 Å². The number of rotatable bonds is 7. The minimum Gasteiger partial charge on any atom is -0.383 e. The Morgan fingerprint density at radius 2 is 2.16 bits per heavy atom. The van der Waals surface area contributed by atoms with E-state index in [0.29, 0.717) is 24.4 Å². The highest BCUT2D eigenvalue weighted by Gasteiger charge is 2.32. The zero-order valence-electron chi connectivity index (χ0n) is 11.6. The molecule has 0 bridgehead atoms.